The Morgan fingerprint density at radius 3 is 2.55 bits per heavy atom. The summed E-state index contributed by atoms with van der Waals surface area (Å²) in [6.45, 7) is 4.03. The molecule has 4 nitrogen and oxygen atoms in total. The summed E-state index contributed by atoms with van der Waals surface area (Å²) in [5.41, 5.74) is 0.118. The molecule has 1 atom stereocenters. The van der Waals surface area contributed by atoms with Crippen LogP contribution in [0, 0.1) is 11.3 Å². The highest BCUT2D eigenvalue weighted by atomic mass is 79.9. The van der Waals surface area contributed by atoms with Gasteiger partial charge in [-0.1, -0.05) is 42.1 Å². The Morgan fingerprint density at radius 1 is 1.25 bits per heavy atom. The Hall–Kier alpha value is 0.350. The summed E-state index contributed by atoms with van der Waals surface area (Å²) < 4.78 is 29.4. The van der Waals surface area contributed by atoms with E-state index in [-0.39, 0.29) is 5.41 Å². The third kappa shape index (κ3) is 4.18. The number of hydrogen-bond acceptors (Lipinski definition) is 2. The first-order valence-electron chi connectivity index (χ1n) is 7.78. The number of hydrogen-bond donors (Lipinski definition) is 1. The average Bonchev–Trinajstić information content (AvgIpc) is 2.46. The second-order valence-electron chi connectivity index (χ2n) is 6.63. The summed E-state index contributed by atoms with van der Waals surface area (Å²) in [4.78, 5) is 0. The molecule has 0 aromatic heterocycles. The quantitative estimate of drug-likeness (QED) is 0.760. The Kier molecular flexibility index (Phi) is 5.91. The molecule has 1 heterocycles. The maximum atomic E-state index is 12.4. The lowest BCUT2D eigenvalue weighted by Crippen LogP contribution is -2.49. The first-order valence-corrected chi connectivity index (χ1v) is 10.3. The summed E-state index contributed by atoms with van der Waals surface area (Å²) >= 11 is 3.59. The largest absolute Gasteiger partial charge is 0.279 e. The molecule has 1 N–H and O–H groups in total. The van der Waals surface area contributed by atoms with Gasteiger partial charge in [-0.05, 0) is 37.0 Å². The van der Waals surface area contributed by atoms with E-state index >= 15 is 0 Å². The SMILES string of the molecule is CC1CCCN(S(=O)(=O)NCC2(CBr)CCCCC2)C1. The lowest BCUT2D eigenvalue weighted by molar-refractivity contribution is 0.222. The molecule has 0 bridgehead atoms. The van der Waals surface area contributed by atoms with E-state index in [4.69, 9.17) is 0 Å². The molecule has 2 aliphatic rings. The van der Waals surface area contributed by atoms with Gasteiger partial charge < -0.3 is 0 Å². The topological polar surface area (TPSA) is 49.4 Å². The van der Waals surface area contributed by atoms with Crippen molar-refractivity contribution in [2.24, 2.45) is 11.3 Å². The molecule has 0 spiro atoms. The maximum absolute atomic E-state index is 12.4. The molecule has 0 aromatic rings. The first-order chi connectivity index (χ1) is 9.47. The Morgan fingerprint density at radius 2 is 1.95 bits per heavy atom. The van der Waals surface area contributed by atoms with Gasteiger partial charge in [-0.2, -0.15) is 12.7 Å². The van der Waals surface area contributed by atoms with E-state index in [9.17, 15) is 8.42 Å². The monoisotopic (exact) mass is 366 g/mol. The smallest absolute Gasteiger partial charge is 0.202 e. The fourth-order valence-electron chi connectivity index (χ4n) is 3.36. The summed E-state index contributed by atoms with van der Waals surface area (Å²) in [6, 6.07) is 0. The van der Waals surface area contributed by atoms with Gasteiger partial charge in [0.2, 0.25) is 0 Å². The zero-order valence-corrected chi connectivity index (χ0v) is 14.8. The van der Waals surface area contributed by atoms with Crippen LogP contribution in [0.15, 0.2) is 0 Å². The number of alkyl halides is 1. The van der Waals surface area contributed by atoms with Crippen LogP contribution >= 0.6 is 15.9 Å². The Labute approximate surface area is 132 Å². The van der Waals surface area contributed by atoms with Crippen molar-refractivity contribution in [3.05, 3.63) is 0 Å². The van der Waals surface area contributed by atoms with E-state index < -0.39 is 10.2 Å². The van der Waals surface area contributed by atoms with Crippen LogP contribution in [0.5, 0.6) is 0 Å². The highest BCUT2D eigenvalue weighted by Gasteiger charge is 2.34. The zero-order chi connectivity index (χ0) is 14.6. The normalized spacial score (nSPS) is 28.4. The molecular weight excluding hydrogens is 340 g/mol. The van der Waals surface area contributed by atoms with E-state index in [0.717, 1.165) is 31.0 Å². The van der Waals surface area contributed by atoms with Crippen molar-refractivity contribution in [2.75, 3.05) is 25.0 Å². The average molecular weight is 367 g/mol. The molecule has 0 aromatic carbocycles. The predicted molar refractivity (Wildman–Crippen MR) is 86.2 cm³/mol. The molecule has 1 aliphatic carbocycles. The van der Waals surface area contributed by atoms with E-state index in [1.54, 1.807) is 4.31 Å². The van der Waals surface area contributed by atoms with Crippen LogP contribution in [0.2, 0.25) is 0 Å². The van der Waals surface area contributed by atoms with Crippen molar-refractivity contribution in [3.8, 4) is 0 Å². The van der Waals surface area contributed by atoms with Gasteiger partial charge in [0.05, 0.1) is 0 Å². The minimum atomic E-state index is -3.30. The lowest BCUT2D eigenvalue weighted by atomic mass is 9.76. The highest BCUT2D eigenvalue weighted by Crippen LogP contribution is 2.37. The van der Waals surface area contributed by atoms with E-state index in [1.165, 1.54) is 19.3 Å². The molecule has 20 heavy (non-hydrogen) atoms. The first kappa shape index (κ1) is 16.7. The Balaban J connectivity index is 1.94. The minimum Gasteiger partial charge on any atom is -0.202 e. The van der Waals surface area contributed by atoms with Crippen LogP contribution in [-0.4, -0.2) is 37.7 Å². The molecule has 1 saturated carbocycles. The van der Waals surface area contributed by atoms with Crippen molar-refractivity contribution in [1.82, 2.24) is 9.03 Å². The number of piperidine rings is 1. The fraction of sp³-hybridized carbons (Fsp3) is 1.00. The molecule has 2 fully saturated rings. The molecular formula is C14H27BrN2O2S. The van der Waals surface area contributed by atoms with Gasteiger partial charge in [0.1, 0.15) is 0 Å². The van der Waals surface area contributed by atoms with Gasteiger partial charge in [0.25, 0.3) is 10.2 Å². The van der Waals surface area contributed by atoms with E-state index in [0.29, 0.717) is 25.6 Å². The number of halogens is 1. The van der Waals surface area contributed by atoms with Gasteiger partial charge in [0.15, 0.2) is 0 Å². The summed E-state index contributed by atoms with van der Waals surface area (Å²) in [5.74, 6) is 0.472. The summed E-state index contributed by atoms with van der Waals surface area (Å²) in [7, 11) is -3.30. The van der Waals surface area contributed by atoms with Crippen molar-refractivity contribution in [3.63, 3.8) is 0 Å². The lowest BCUT2D eigenvalue weighted by Gasteiger charge is -2.37. The molecule has 1 saturated heterocycles. The van der Waals surface area contributed by atoms with Gasteiger partial charge in [-0.15, -0.1) is 0 Å². The second-order valence-corrected chi connectivity index (χ2v) is 8.94. The molecule has 1 aliphatic heterocycles. The van der Waals surface area contributed by atoms with Crippen LogP contribution in [0.25, 0.3) is 0 Å². The predicted octanol–water partition coefficient (Wildman–Crippen LogP) is 2.90. The third-order valence-electron chi connectivity index (χ3n) is 4.79. The van der Waals surface area contributed by atoms with Crippen LogP contribution in [0.3, 0.4) is 0 Å². The second kappa shape index (κ2) is 7.07. The van der Waals surface area contributed by atoms with Gasteiger partial charge >= 0.3 is 0 Å². The molecule has 0 radical (unpaired) electrons. The van der Waals surface area contributed by atoms with Gasteiger partial charge in [-0.3, -0.25) is 0 Å². The number of nitrogens with one attached hydrogen (secondary N) is 1. The molecule has 118 valence electrons. The highest BCUT2D eigenvalue weighted by molar-refractivity contribution is 9.09. The molecule has 6 heteroatoms. The van der Waals surface area contributed by atoms with Crippen LogP contribution < -0.4 is 4.72 Å². The van der Waals surface area contributed by atoms with Crippen molar-refractivity contribution < 1.29 is 8.42 Å². The van der Waals surface area contributed by atoms with Crippen molar-refractivity contribution >= 4 is 26.1 Å². The summed E-state index contributed by atoms with van der Waals surface area (Å²) in [6.07, 6.45) is 8.07. The summed E-state index contributed by atoms with van der Waals surface area (Å²) in [5, 5.41) is 0.888. The van der Waals surface area contributed by atoms with Crippen LogP contribution in [0.1, 0.15) is 51.9 Å². The van der Waals surface area contributed by atoms with Crippen molar-refractivity contribution in [2.45, 2.75) is 51.9 Å². The third-order valence-corrected chi connectivity index (χ3v) is 7.50. The maximum Gasteiger partial charge on any atom is 0.279 e. The minimum absolute atomic E-state index is 0.118. The van der Waals surface area contributed by atoms with E-state index in [2.05, 4.69) is 27.6 Å². The zero-order valence-electron chi connectivity index (χ0n) is 12.4. The van der Waals surface area contributed by atoms with Crippen molar-refractivity contribution in [1.29, 1.82) is 0 Å². The van der Waals surface area contributed by atoms with Crippen LogP contribution in [-0.2, 0) is 10.2 Å². The molecule has 2 rings (SSSR count). The van der Waals surface area contributed by atoms with Gasteiger partial charge in [-0.25, -0.2) is 4.72 Å². The Bertz CT molecular complexity index is 407. The molecule has 0 amide bonds. The van der Waals surface area contributed by atoms with E-state index in [1.807, 2.05) is 0 Å². The number of rotatable bonds is 5. The standard InChI is InChI=1S/C14H27BrN2O2S/c1-13-6-5-9-17(10-13)20(18,19)16-12-14(11-15)7-3-2-4-8-14/h13,16H,2-12H2,1H3. The van der Waals surface area contributed by atoms with Crippen LogP contribution in [0.4, 0.5) is 0 Å². The number of nitrogens with zero attached hydrogens (tertiary/aromatic N) is 1. The van der Waals surface area contributed by atoms with Gasteiger partial charge in [0, 0.05) is 25.0 Å². The fourth-order valence-corrected chi connectivity index (χ4v) is 5.61. The molecule has 1 unspecified atom stereocenters.